The van der Waals surface area contributed by atoms with Gasteiger partial charge >= 0.3 is 11.2 Å². The molecule has 0 unspecified atom stereocenters. The van der Waals surface area contributed by atoms with Gasteiger partial charge in [-0.05, 0) is 0 Å². The summed E-state index contributed by atoms with van der Waals surface area (Å²) in [7, 11) is -5.22. The first-order valence-electron chi connectivity index (χ1n) is 4.04. The van der Waals surface area contributed by atoms with Crippen molar-refractivity contribution in [3.63, 3.8) is 0 Å². The van der Waals surface area contributed by atoms with Gasteiger partial charge in [0.2, 0.25) is 0 Å². The van der Waals surface area contributed by atoms with Crippen molar-refractivity contribution in [1.82, 2.24) is 4.90 Å². The zero-order valence-electron chi connectivity index (χ0n) is 7.65. The number of rotatable bonds is 2. The lowest BCUT2D eigenvalue weighted by atomic mass is 10.4. The number of carbonyl (C=O) groups excluding carboxylic acids is 1. The molecule has 1 fully saturated rings. The Kier molecular flexibility index (Phi) is 3.26. The molecule has 0 saturated carbocycles. The number of hydrogen-bond acceptors (Lipinski definition) is 4. The van der Waals surface area contributed by atoms with Crippen molar-refractivity contribution in [2.75, 3.05) is 26.3 Å². The van der Waals surface area contributed by atoms with Crippen molar-refractivity contribution >= 4 is 15.9 Å². The summed E-state index contributed by atoms with van der Waals surface area (Å²) in [5.74, 6) is -1.80. The number of halogens is 2. The minimum absolute atomic E-state index is 0.0655. The maximum atomic E-state index is 13.0. The molecule has 1 aliphatic rings. The highest BCUT2D eigenvalue weighted by Crippen LogP contribution is 2.22. The number of morpholine rings is 1. The molecule has 2 N–H and O–H groups in total. The third-order valence-electron chi connectivity index (χ3n) is 1.90. The Bertz CT molecular complexity index is 350. The number of carbonyl (C=O) groups is 1. The highest BCUT2D eigenvalue weighted by Gasteiger charge is 2.53. The molecule has 0 aromatic rings. The van der Waals surface area contributed by atoms with Gasteiger partial charge in [0.05, 0.1) is 13.2 Å². The minimum Gasteiger partial charge on any atom is -0.378 e. The van der Waals surface area contributed by atoms with Crippen LogP contribution in [0.15, 0.2) is 0 Å². The fourth-order valence-corrected chi connectivity index (χ4v) is 1.44. The van der Waals surface area contributed by atoms with Crippen LogP contribution in [0.4, 0.5) is 8.78 Å². The van der Waals surface area contributed by atoms with Crippen LogP contribution in [0.25, 0.3) is 0 Å². The average molecular weight is 244 g/mol. The predicted octanol–water partition coefficient (Wildman–Crippen LogP) is -1.27. The van der Waals surface area contributed by atoms with Crippen LogP contribution in [0.5, 0.6) is 0 Å². The quantitative estimate of drug-likeness (QED) is 0.655. The second-order valence-electron chi connectivity index (χ2n) is 2.97. The predicted molar refractivity (Wildman–Crippen MR) is 45.5 cm³/mol. The zero-order chi connectivity index (χ0) is 11.7. The lowest BCUT2D eigenvalue weighted by molar-refractivity contribution is -0.151. The first kappa shape index (κ1) is 12.3. The number of hydrogen-bond donors (Lipinski definition) is 1. The molecule has 0 atom stereocenters. The Morgan fingerprint density at radius 2 is 1.80 bits per heavy atom. The first-order valence-corrected chi connectivity index (χ1v) is 5.58. The summed E-state index contributed by atoms with van der Waals surface area (Å²) in [6.07, 6.45) is 0. The number of ether oxygens (including phenoxy) is 1. The van der Waals surface area contributed by atoms with Gasteiger partial charge in [-0.25, -0.2) is 13.6 Å². The highest BCUT2D eigenvalue weighted by atomic mass is 32.2. The Balaban J connectivity index is 2.83. The number of alkyl halides is 2. The second-order valence-corrected chi connectivity index (χ2v) is 4.57. The number of nitrogens with two attached hydrogens (primary N) is 1. The van der Waals surface area contributed by atoms with Crippen LogP contribution >= 0.6 is 0 Å². The largest absolute Gasteiger partial charge is 0.435 e. The SMILES string of the molecule is NS(=O)(=O)C(F)(F)C(=O)N1CCOCC1. The summed E-state index contributed by atoms with van der Waals surface area (Å²) in [6.45, 7) is 0.0762. The van der Waals surface area contributed by atoms with Gasteiger partial charge in [0.25, 0.3) is 10.0 Å². The lowest BCUT2D eigenvalue weighted by Gasteiger charge is -2.29. The van der Waals surface area contributed by atoms with E-state index in [0.29, 0.717) is 4.90 Å². The lowest BCUT2D eigenvalue weighted by Crippen LogP contribution is -2.53. The van der Waals surface area contributed by atoms with Crippen LogP contribution in [0.3, 0.4) is 0 Å². The molecular formula is C6H10F2N2O4S. The standard InChI is InChI=1S/C6H10F2N2O4S/c7-6(8,15(9,12)13)5(11)10-1-3-14-4-2-10/h1-4H2,(H2,9,12,13). The van der Waals surface area contributed by atoms with Gasteiger partial charge < -0.3 is 9.64 Å². The van der Waals surface area contributed by atoms with Crippen LogP contribution in [0, 0.1) is 0 Å². The van der Waals surface area contributed by atoms with Gasteiger partial charge in [-0.3, -0.25) is 4.79 Å². The van der Waals surface area contributed by atoms with E-state index in [4.69, 9.17) is 4.74 Å². The molecule has 6 nitrogen and oxygen atoms in total. The molecule has 1 heterocycles. The Morgan fingerprint density at radius 3 is 2.20 bits per heavy atom. The molecule has 9 heteroatoms. The monoisotopic (exact) mass is 244 g/mol. The maximum absolute atomic E-state index is 13.0. The van der Waals surface area contributed by atoms with E-state index >= 15 is 0 Å². The first-order chi connectivity index (χ1) is 6.77. The number of amides is 1. The molecule has 0 aliphatic carbocycles. The second kappa shape index (κ2) is 3.99. The summed E-state index contributed by atoms with van der Waals surface area (Å²) >= 11 is 0. The van der Waals surface area contributed by atoms with E-state index in [-0.39, 0.29) is 26.3 Å². The molecule has 0 spiro atoms. The minimum atomic E-state index is -5.22. The number of sulfonamides is 1. The maximum Gasteiger partial charge on any atom is 0.435 e. The van der Waals surface area contributed by atoms with E-state index in [1.807, 2.05) is 0 Å². The molecule has 88 valence electrons. The molecule has 1 amide bonds. The Morgan fingerprint density at radius 1 is 1.33 bits per heavy atom. The molecule has 0 radical (unpaired) electrons. The summed E-state index contributed by atoms with van der Waals surface area (Å²) in [4.78, 5) is 11.8. The highest BCUT2D eigenvalue weighted by molar-refractivity contribution is 7.91. The van der Waals surface area contributed by atoms with Crippen molar-refractivity contribution in [3.8, 4) is 0 Å². The summed E-state index contributed by atoms with van der Waals surface area (Å²) in [6, 6.07) is 0. The zero-order valence-corrected chi connectivity index (χ0v) is 8.47. The normalized spacial score (nSPS) is 19.0. The van der Waals surface area contributed by atoms with Crippen molar-refractivity contribution in [3.05, 3.63) is 0 Å². The molecule has 1 aliphatic heterocycles. The molecule has 0 bridgehead atoms. The van der Waals surface area contributed by atoms with E-state index in [1.165, 1.54) is 0 Å². The molecule has 1 saturated heterocycles. The van der Waals surface area contributed by atoms with E-state index in [0.717, 1.165) is 0 Å². The third-order valence-corrected chi connectivity index (χ3v) is 2.79. The fraction of sp³-hybridized carbons (Fsp3) is 0.833. The third kappa shape index (κ3) is 2.41. The molecule has 1 rings (SSSR count). The van der Waals surface area contributed by atoms with E-state index < -0.39 is 21.2 Å². The van der Waals surface area contributed by atoms with E-state index in [2.05, 4.69) is 5.14 Å². The van der Waals surface area contributed by atoms with Gasteiger partial charge in [-0.15, -0.1) is 0 Å². The van der Waals surface area contributed by atoms with Crippen molar-refractivity contribution < 1.29 is 26.7 Å². The fourth-order valence-electron chi connectivity index (χ4n) is 1.07. The molecule has 15 heavy (non-hydrogen) atoms. The van der Waals surface area contributed by atoms with E-state index in [1.54, 1.807) is 0 Å². The Hall–Kier alpha value is -0.800. The smallest absolute Gasteiger partial charge is 0.378 e. The van der Waals surface area contributed by atoms with Crippen LogP contribution in [0.1, 0.15) is 0 Å². The number of primary sulfonamides is 1. The van der Waals surface area contributed by atoms with Crippen molar-refractivity contribution in [1.29, 1.82) is 0 Å². The van der Waals surface area contributed by atoms with Crippen LogP contribution in [-0.4, -0.2) is 50.8 Å². The van der Waals surface area contributed by atoms with Gasteiger partial charge in [-0.2, -0.15) is 8.78 Å². The summed E-state index contributed by atoms with van der Waals surface area (Å²) in [5.41, 5.74) is 0. The van der Waals surface area contributed by atoms with Gasteiger partial charge in [0.1, 0.15) is 0 Å². The Labute approximate surface area is 85.0 Å². The molecular weight excluding hydrogens is 234 g/mol. The van der Waals surface area contributed by atoms with Crippen LogP contribution in [-0.2, 0) is 19.6 Å². The van der Waals surface area contributed by atoms with Crippen LogP contribution < -0.4 is 5.14 Å². The van der Waals surface area contributed by atoms with Gasteiger partial charge in [-0.1, -0.05) is 0 Å². The van der Waals surface area contributed by atoms with Gasteiger partial charge in [0, 0.05) is 13.1 Å². The topological polar surface area (TPSA) is 89.7 Å². The molecule has 0 aromatic carbocycles. The number of nitrogens with zero attached hydrogens (tertiary/aromatic N) is 1. The van der Waals surface area contributed by atoms with Crippen molar-refractivity contribution in [2.24, 2.45) is 5.14 Å². The van der Waals surface area contributed by atoms with Crippen molar-refractivity contribution in [2.45, 2.75) is 5.25 Å². The summed E-state index contributed by atoms with van der Waals surface area (Å²) < 4.78 is 51.7. The van der Waals surface area contributed by atoms with Gasteiger partial charge in [0.15, 0.2) is 0 Å². The molecule has 0 aromatic heterocycles. The average Bonchev–Trinajstić information content (AvgIpc) is 2.16. The van der Waals surface area contributed by atoms with E-state index in [9.17, 15) is 22.0 Å². The summed E-state index contributed by atoms with van der Waals surface area (Å²) in [5, 5.41) is -0.301. The van der Waals surface area contributed by atoms with Crippen LogP contribution in [0.2, 0.25) is 0 Å².